The van der Waals surface area contributed by atoms with Crippen LogP contribution in [0.25, 0.3) is 16.9 Å². The summed E-state index contributed by atoms with van der Waals surface area (Å²) in [6.07, 6.45) is -3.75. The number of amides is 1. The number of alkyl halides is 3. The van der Waals surface area contributed by atoms with E-state index in [0.29, 0.717) is 15.6 Å². The van der Waals surface area contributed by atoms with Crippen molar-refractivity contribution in [1.29, 1.82) is 0 Å². The van der Waals surface area contributed by atoms with Gasteiger partial charge in [-0.05, 0) is 42.2 Å². The van der Waals surface area contributed by atoms with E-state index in [0.717, 1.165) is 17.8 Å². The van der Waals surface area contributed by atoms with E-state index in [4.69, 9.17) is 0 Å². The van der Waals surface area contributed by atoms with Crippen LogP contribution in [0.3, 0.4) is 0 Å². The molecule has 33 heavy (non-hydrogen) atoms. The third-order valence-electron chi connectivity index (χ3n) is 5.25. The van der Waals surface area contributed by atoms with Gasteiger partial charge in [0.05, 0.1) is 17.6 Å². The van der Waals surface area contributed by atoms with Gasteiger partial charge in [-0.1, -0.05) is 44.2 Å². The van der Waals surface area contributed by atoms with Crippen molar-refractivity contribution in [3.63, 3.8) is 0 Å². The minimum Gasteiger partial charge on any atom is -0.319 e. The second kappa shape index (κ2) is 8.31. The number of fused-ring (bicyclic) bond motifs is 1. The van der Waals surface area contributed by atoms with Gasteiger partial charge >= 0.3 is 6.18 Å². The Morgan fingerprint density at radius 2 is 1.76 bits per heavy atom. The first-order valence-corrected chi connectivity index (χ1v) is 10.2. The molecule has 0 fully saturated rings. The predicted octanol–water partition coefficient (Wildman–Crippen LogP) is 6.24. The molecule has 0 spiro atoms. The summed E-state index contributed by atoms with van der Waals surface area (Å²) in [5, 5.41) is 6.13. The summed E-state index contributed by atoms with van der Waals surface area (Å²) in [5.74, 6) is -1.23. The van der Waals surface area contributed by atoms with E-state index in [-0.39, 0.29) is 28.5 Å². The van der Waals surface area contributed by atoms with Crippen LogP contribution in [0.1, 0.15) is 46.9 Å². The molecular formula is C24H20F4N4O. The Balaban J connectivity index is 1.83. The number of benzene rings is 2. The second-order valence-electron chi connectivity index (χ2n) is 8.03. The van der Waals surface area contributed by atoms with Gasteiger partial charge in [0.25, 0.3) is 5.91 Å². The number of halogens is 4. The third-order valence-corrected chi connectivity index (χ3v) is 5.25. The van der Waals surface area contributed by atoms with Crippen molar-refractivity contribution in [2.24, 2.45) is 0 Å². The molecule has 0 bridgehead atoms. The van der Waals surface area contributed by atoms with Crippen LogP contribution < -0.4 is 5.32 Å². The quantitative estimate of drug-likeness (QED) is 0.370. The summed E-state index contributed by atoms with van der Waals surface area (Å²) in [7, 11) is 0. The molecule has 0 unspecified atom stereocenters. The molecule has 2 heterocycles. The van der Waals surface area contributed by atoms with Gasteiger partial charge in [0.2, 0.25) is 0 Å². The van der Waals surface area contributed by atoms with Crippen molar-refractivity contribution in [3.05, 3.63) is 82.9 Å². The second-order valence-corrected chi connectivity index (χ2v) is 8.03. The highest BCUT2D eigenvalue weighted by Crippen LogP contribution is 2.33. The fourth-order valence-electron chi connectivity index (χ4n) is 3.44. The summed E-state index contributed by atoms with van der Waals surface area (Å²) >= 11 is 0. The van der Waals surface area contributed by atoms with Gasteiger partial charge in [0.15, 0.2) is 11.3 Å². The van der Waals surface area contributed by atoms with E-state index in [9.17, 15) is 22.4 Å². The number of carbonyl (C=O) groups is 1. The van der Waals surface area contributed by atoms with Gasteiger partial charge in [-0.3, -0.25) is 4.79 Å². The molecule has 0 radical (unpaired) electrons. The van der Waals surface area contributed by atoms with E-state index in [2.05, 4.69) is 15.4 Å². The summed E-state index contributed by atoms with van der Waals surface area (Å²) < 4.78 is 56.1. The topological polar surface area (TPSA) is 59.3 Å². The van der Waals surface area contributed by atoms with Crippen molar-refractivity contribution in [2.45, 2.75) is 32.9 Å². The van der Waals surface area contributed by atoms with E-state index < -0.39 is 23.6 Å². The Morgan fingerprint density at radius 3 is 2.39 bits per heavy atom. The van der Waals surface area contributed by atoms with Crippen LogP contribution >= 0.6 is 0 Å². The number of carbonyl (C=O) groups excluding carboxylic acids is 1. The first-order chi connectivity index (χ1) is 15.5. The van der Waals surface area contributed by atoms with Crippen molar-refractivity contribution in [1.82, 2.24) is 14.6 Å². The Kier molecular flexibility index (Phi) is 5.65. The monoisotopic (exact) mass is 456 g/mol. The van der Waals surface area contributed by atoms with Crippen LogP contribution in [0.5, 0.6) is 0 Å². The van der Waals surface area contributed by atoms with E-state index in [1.54, 1.807) is 19.1 Å². The number of rotatable bonds is 4. The molecule has 0 aliphatic heterocycles. The van der Waals surface area contributed by atoms with Gasteiger partial charge in [-0.2, -0.15) is 18.3 Å². The minimum atomic E-state index is -4.74. The standard InChI is InChI=1S/C24H20F4N4O/c1-13(2)15-5-7-16(8-6-15)19-11-21(24(26,27)28)32-22(30-19)17(12-29-32)23(33)31-20-10-14(3)4-9-18(20)25/h4-13H,1-3H3,(H,31,33). The van der Waals surface area contributed by atoms with Crippen molar-refractivity contribution in [2.75, 3.05) is 5.32 Å². The van der Waals surface area contributed by atoms with Gasteiger partial charge in [0.1, 0.15) is 11.4 Å². The largest absolute Gasteiger partial charge is 0.433 e. The lowest BCUT2D eigenvalue weighted by atomic mass is 10.0. The highest BCUT2D eigenvalue weighted by atomic mass is 19.4. The number of nitrogens with one attached hydrogen (secondary N) is 1. The van der Waals surface area contributed by atoms with Crippen LogP contribution in [0.4, 0.5) is 23.2 Å². The lowest BCUT2D eigenvalue weighted by Gasteiger charge is -2.12. The molecule has 0 aliphatic rings. The number of anilines is 1. The molecule has 0 aliphatic carbocycles. The summed E-state index contributed by atoms with van der Waals surface area (Å²) in [4.78, 5) is 17.1. The van der Waals surface area contributed by atoms with Crippen molar-refractivity contribution < 1.29 is 22.4 Å². The summed E-state index contributed by atoms with van der Waals surface area (Å²) in [6.45, 7) is 5.74. The number of hydrogen-bond donors (Lipinski definition) is 1. The van der Waals surface area contributed by atoms with Crippen LogP contribution in [0, 0.1) is 12.7 Å². The van der Waals surface area contributed by atoms with Gasteiger partial charge < -0.3 is 5.32 Å². The zero-order chi connectivity index (χ0) is 23.9. The van der Waals surface area contributed by atoms with E-state index in [1.165, 1.54) is 18.2 Å². The van der Waals surface area contributed by atoms with Crippen LogP contribution in [-0.2, 0) is 6.18 Å². The molecule has 1 N–H and O–H groups in total. The maximum absolute atomic E-state index is 14.1. The Labute approximate surface area is 187 Å². The molecule has 1 amide bonds. The highest BCUT2D eigenvalue weighted by molar-refractivity contribution is 6.08. The predicted molar refractivity (Wildman–Crippen MR) is 117 cm³/mol. The van der Waals surface area contributed by atoms with Gasteiger partial charge in [-0.15, -0.1) is 0 Å². The Bertz CT molecular complexity index is 1340. The van der Waals surface area contributed by atoms with E-state index in [1.807, 2.05) is 26.0 Å². The molecule has 9 heteroatoms. The molecular weight excluding hydrogens is 436 g/mol. The van der Waals surface area contributed by atoms with Gasteiger partial charge in [0, 0.05) is 5.56 Å². The molecule has 4 aromatic rings. The first-order valence-electron chi connectivity index (χ1n) is 10.2. The first kappa shape index (κ1) is 22.4. The van der Waals surface area contributed by atoms with Crippen LogP contribution in [0.15, 0.2) is 54.7 Å². The van der Waals surface area contributed by atoms with Crippen molar-refractivity contribution >= 4 is 17.2 Å². The molecule has 0 saturated carbocycles. The molecule has 0 atom stereocenters. The highest BCUT2D eigenvalue weighted by Gasteiger charge is 2.36. The SMILES string of the molecule is Cc1ccc(F)c(NC(=O)c2cnn3c(C(F)(F)F)cc(-c4ccc(C(C)C)cc4)nc23)c1. The fraction of sp³-hybridized carbons (Fsp3) is 0.208. The smallest absolute Gasteiger partial charge is 0.319 e. The maximum Gasteiger partial charge on any atom is 0.433 e. The molecule has 4 rings (SSSR count). The number of aryl methyl sites for hydroxylation is 1. The normalized spacial score (nSPS) is 11.9. The molecule has 2 aromatic carbocycles. The third kappa shape index (κ3) is 4.44. The van der Waals surface area contributed by atoms with Crippen LogP contribution in [-0.4, -0.2) is 20.5 Å². The summed E-state index contributed by atoms with van der Waals surface area (Å²) in [6, 6.07) is 12.1. The lowest BCUT2D eigenvalue weighted by Crippen LogP contribution is -2.16. The molecule has 2 aromatic heterocycles. The Morgan fingerprint density at radius 1 is 1.06 bits per heavy atom. The molecule has 170 valence electrons. The average molecular weight is 456 g/mol. The fourth-order valence-corrected chi connectivity index (χ4v) is 3.44. The number of nitrogens with zero attached hydrogens (tertiary/aromatic N) is 3. The number of hydrogen-bond acceptors (Lipinski definition) is 3. The molecule has 0 saturated heterocycles. The average Bonchev–Trinajstić information content (AvgIpc) is 3.19. The maximum atomic E-state index is 14.1. The zero-order valence-electron chi connectivity index (χ0n) is 18.0. The minimum absolute atomic E-state index is 0.0430. The lowest BCUT2D eigenvalue weighted by molar-refractivity contribution is -0.142. The van der Waals surface area contributed by atoms with Gasteiger partial charge in [-0.25, -0.2) is 13.9 Å². The van der Waals surface area contributed by atoms with Crippen molar-refractivity contribution in [3.8, 4) is 11.3 Å². The Hall–Kier alpha value is -3.75. The molecule has 5 nitrogen and oxygen atoms in total. The van der Waals surface area contributed by atoms with Crippen LogP contribution in [0.2, 0.25) is 0 Å². The number of aromatic nitrogens is 3. The summed E-state index contributed by atoms with van der Waals surface area (Å²) in [5.41, 5.74) is 0.593. The zero-order valence-corrected chi connectivity index (χ0v) is 18.0. The van der Waals surface area contributed by atoms with E-state index >= 15 is 0 Å².